The molecule has 1 heterocycles. The van der Waals surface area contributed by atoms with Crippen LogP contribution in [-0.4, -0.2) is 35.1 Å². The Hall–Kier alpha value is -4.13. The maximum Gasteiger partial charge on any atom is 0.338 e. The summed E-state index contributed by atoms with van der Waals surface area (Å²) in [5.74, 6) is -2.43. The van der Waals surface area contributed by atoms with Crippen molar-refractivity contribution in [3.8, 4) is 0 Å². The van der Waals surface area contributed by atoms with Gasteiger partial charge in [0.25, 0.3) is 11.8 Å². The van der Waals surface area contributed by atoms with E-state index >= 15 is 0 Å². The molecule has 3 aromatic carbocycles. The van der Waals surface area contributed by atoms with Crippen LogP contribution in [0.15, 0.2) is 72.8 Å². The van der Waals surface area contributed by atoms with Crippen molar-refractivity contribution in [1.29, 1.82) is 0 Å². The SMILES string of the molecule is O=C(COC(=O)c1cccc(CN2C(=O)c3ccccc3C2=O)c1)c1ccc(F)cc1. The smallest absolute Gasteiger partial charge is 0.338 e. The van der Waals surface area contributed by atoms with Crippen LogP contribution in [0.3, 0.4) is 0 Å². The number of benzene rings is 3. The molecule has 0 aromatic heterocycles. The van der Waals surface area contributed by atoms with Crippen LogP contribution in [0, 0.1) is 5.82 Å². The van der Waals surface area contributed by atoms with Crippen molar-refractivity contribution in [2.75, 3.05) is 6.61 Å². The van der Waals surface area contributed by atoms with E-state index in [1.165, 1.54) is 24.3 Å². The number of esters is 1. The predicted molar refractivity (Wildman–Crippen MR) is 108 cm³/mol. The number of amides is 2. The summed E-state index contributed by atoms with van der Waals surface area (Å²) in [6.45, 7) is -0.491. The number of hydrogen-bond acceptors (Lipinski definition) is 5. The average Bonchev–Trinajstić information content (AvgIpc) is 3.03. The number of ketones is 1. The van der Waals surface area contributed by atoms with Crippen LogP contribution >= 0.6 is 0 Å². The van der Waals surface area contributed by atoms with E-state index in [0.29, 0.717) is 16.7 Å². The molecule has 0 bridgehead atoms. The molecule has 7 heteroatoms. The van der Waals surface area contributed by atoms with Crippen LogP contribution in [0.4, 0.5) is 4.39 Å². The minimum atomic E-state index is -0.723. The zero-order valence-corrected chi connectivity index (χ0v) is 16.2. The van der Waals surface area contributed by atoms with Gasteiger partial charge < -0.3 is 4.74 Å². The fourth-order valence-electron chi connectivity index (χ4n) is 3.30. The molecule has 154 valence electrons. The molecule has 0 saturated carbocycles. The van der Waals surface area contributed by atoms with Gasteiger partial charge in [-0.2, -0.15) is 0 Å². The van der Waals surface area contributed by atoms with Crippen LogP contribution in [0.1, 0.15) is 47.0 Å². The van der Waals surface area contributed by atoms with E-state index in [1.54, 1.807) is 36.4 Å². The molecule has 0 aliphatic carbocycles. The van der Waals surface area contributed by atoms with Crippen LogP contribution in [-0.2, 0) is 11.3 Å². The molecule has 0 radical (unpaired) electrons. The summed E-state index contributed by atoms with van der Waals surface area (Å²) >= 11 is 0. The van der Waals surface area contributed by atoms with E-state index in [9.17, 15) is 23.6 Å². The van der Waals surface area contributed by atoms with Gasteiger partial charge in [-0.1, -0.05) is 24.3 Å². The molecule has 0 saturated heterocycles. The minimum Gasteiger partial charge on any atom is -0.454 e. The Balaban J connectivity index is 1.42. The molecule has 31 heavy (non-hydrogen) atoms. The molecule has 2 amide bonds. The van der Waals surface area contributed by atoms with Gasteiger partial charge >= 0.3 is 5.97 Å². The highest BCUT2D eigenvalue weighted by molar-refractivity contribution is 6.21. The Morgan fingerprint density at radius 2 is 1.45 bits per heavy atom. The number of carbonyl (C=O) groups is 4. The second kappa shape index (κ2) is 8.31. The number of imide groups is 1. The number of Topliss-reactive ketones (excluding diaryl/α,β-unsaturated/α-hetero) is 1. The summed E-state index contributed by atoms with van der Waals surface area (Å²) in [5.41, 5.74) is 1.67. The van der Waals surface area contributed by atoms with Gasteiger partial charge in [-0.15, -0.1) is 0 Å². The highest BCUT2D eigenvalue weighted by atomic mass is 19.1. The molecule has 0 fully saturated rings. The summed E-state index contributed by atoms with van der Waals surface area (Å²) < 4.78 is 18.0. The van der Waals surface area contributed by atoms with Gasteiger partial charge in [-0.05, 0) is 54.1 Å². The van der Waals surface area contributed by atoms with Crippen LogP contribution < -0.4 is 0 Å². The third-order valence-corrected chi connectivity index (χ3v) is 4.88. The first-order valence-electron chi connectivity index (χ1n) is 9.44. The second-order valence-corrected chi connectivity index (χ2v) is 6.95. The lowest BCUT2D eigenvalue weighted by Crippen LogP contribution is -2.29. The Morgan fingerprint density at radius 3 is 2.10 bits per heavy atom. The van der Waals surface area contributed by atoms with Gasteiger partial charge in [0.2, 0.25) is 0 Å². The van der Waals surface area contributed by atoms with Crippen molar-refractivity contribution >= 4 is 23.6 Å². The first kappa shape index (κ1) is 20.2. The summed E-state index contributed by atoms with van der Waals surface area (Å²) in [6.07, 6.45) is 0. The zero-order valence-electron chi connectivity index (χ0n) is 16.2. The van der Waals surface area contributed by atoms with E-state index in [0.717, 1.165) is 17.0 Å². The van der Waals surface area contributed by atoms with Crippen LogP contribution in [0.5, 0.6) is 0 Å². The number of fused-ring (bicyclic) bond motifs is 1. The number of rotatable bonds is 6. The van der Waals surface area contributed by atoms with Gasteiger partial charge in [-0.25, -0.2) is 9.18 Å². The second-order valence-electron chi connectivity index (χ2n) is 6.95. The summed E-state index contributed by atoms with van der Waals surface area (Å²) in [5, 5.41) is 0. The van der Waals surface area contributed by atoms with Gasteiger partial charge in [0.15, 0.2) is 12.4 Å². The summed E-state index contributed by atoms with van der Waals surface area (Å²) in [6, 6.07) is 17.8. The normalized spacial score (nSPS) is 12.6. The quantitative estimate of drug-likeness (QED) is 0.347. The highest BCUT2D eigenvalue weighted by Gasteiger charge is 2.35. The third kappa shape index (κ3) is 4.11. The van der Waals surface area contributed by atoms with Crippen molar-refractivity contribution in [1.82, 2.24) is 4.90 Å². The molecule has 0 spiro atoms. The van der Waals surface area contributed by atoms with E-state index in [4.69, 9.17) is 4.74 Å². The predicted octanol–water partition coefficient (Wildman–Crippen LogP) is 3.66. The molecule has 0 N–H and O–H groups in total. The Labute approximate surface area is 176 Å². The number of hydrogen-bond donors (Lipinski definition) is 0. The molecular weight excluding hydrogens is 401 g/mol. The van der Waals surface area contributed by atoms with Crippen molar-refractivity contribution in [2.45, 2.75) is 6.54 Å². The molecule has 1 aliphatic rings. The van der Waals surface area contributed by atoms with E-state index in [2.05, 4.69) is 0 Å². The zero-order chi connectivity index (χ0) is 22.0. The fraction of sp³-hybridized carbons (Fsp3) is 0.0833. The standard InChI is InChI=1S/C24H16FNO5/c25-18-10-8-16(9-11-18)21(27)14-31-24(30)17-5-3-4-15(12-17)13-26-22(28)19-6-1-2-7-20(19)23(26)29/h1-12H,13-14H2. The van der Waals surface area contributed by atoms with Crippen LogP contribution in [0.2, 0.25) is 0 Å². The fourth-order valence-corrected chi connectivity index (χ4v) is 3.30. The molecule has 0 atom stereocenters. The molecule has 6 nitrogen and oxygen atoms in total. The van der Waals surface area contributed by atoms with Crippen LogP contribution in [0.25, 0.3) is 0 Å². The molecule has 0 unspecified atom stereocenters. The Bertz CT molecular complexity index is 1170. The average molecular weight is 417 g/mol. The van der Waals surface area contributed by atoms with Crippen molar-refractivity contribution in [3.05, 3.63) is 106 Å². The number of nitrogens with zero attached hydrogens (tertiary/aromatic N) is 1. The number of halogens is 1. The first-order valence-corrected chi connectivity index (χ1v) is 9.44. The summed E-state index contributed by atoms with van der Waals surface area (Å²) in [4.78, 5) is 50.6. The van der Waals surface area contributed by atoms with Gasteiger partial charge in [0, 0.05) is 5.56 Å². The highest BCUT2D eigenvalue weighted by Crippen LogP contribution is 2.24. The third-order valence-electron chi connectivity index (χ3n) is 4.88. The Kier molecular flexibility index (Phi) is 5.41. The van der Waals surface area contributed by atoms with E-state index < -0.39 is 36.0 Å². The van der Waals surface area contributed by atoms with Gasteiger partial charge in [0.05, 0.1) is 23.2 Å². The first-order chi connectivity index (χ1) is 14.9. The van der Waals surface area contributed by atoms with E-state index in [1.807, 2.05) is 0 Å². The van der Waals surface area contributed by atoms with Crippen molar-refractivity contribution in [2.24, 2.45) is 0 Å². The summed E-state index contributed by atoms with van der Waals surface area (Å²) in [7, 11) is 0. The minimum absolute atomic E-state index is 0.00196. The monoisotopic (exact) mass is 417 g/mol. The lowest BCUT2D eigenvalue weighted by atomic mass is 10.1. The number of carbonyl (C=O) groups excluding carboxylic acids is 4. The topological polar surface area (TPSA) is 80.8 Å². The van der Waals surface area contributed by atoms with Gasteiger partial charge in [0.1, 0.15) is 5.82 Å². The molecule has 1 aliphatic heterocycles. The lowest BCUT2D eigenvalue weighted by Gasteiger charge is -2.14. The number of ether oxygens (including phenoxy) is 1. The maximum atomic E-state index is 13.0. The molecule has 3 aromatic rings. The molecule has 4 rings (SSSR count). The van der Waals surface area contributed by atoms with E-state index in [-0.39, 0.29) is 17.7 Å². The maximum absolute atomic E-state index is 13.0. The lowest BCUT2D eigenvalue weighted by molar-refractivity contribution is 0.0474. The Morgan fingerprint density at radius 1 is 0.806 bits per heavy atom. The van der Waals surface area contributed by atoms with Crippen molar-refractivity contribution in [3.63, 3.8) is 0 Å². The van der Waals surface area contributed by atoms with Crippen molar-refractivity contribution < 1.29 is 28.3 Å². The van der Waals surface area contributed by atoms with Gasteiger partial charge in [-0.3, -0.25) is 19.3 Å². The largest absolute Gasteiger partial charge is 0.454 e. The molecular formula is C24H16FNO5.